The molecule has 0 spiro atoms. The normalized spacial score (nSPS) is 32.9. The molecule has 2 aliphatic carbocycles. The van der Waals surface area contributed by atoms with Gasteiger partial charge in [0.25, 0.3) is 0 Å². The molecule has 2 nitrogen and oxygen atoms in total. The van der Waals surface area contributed by atoms with Crippen LogP contribution >= 0.6 is 0 Å². The Labute approximate surface area is 80.2 Å². The standard InChI is InChI=1S/C9H9NO.C2H6.H2/c11-9-4-7-2-5-1-6(5)3-8(7)10-9;1-2;/h2-3,5-6H,1,4H2,(H,10,11);1-2H3;1H. The summed E-state index contributed by atoms with van der Waals surface area (Å²) in [7, 11) is 0. The van der Waals surface area contributed by atoms with Gasteiger partial charge in [-0.15, -0.1) is 0 Å². The lowest BCUT2D eigenvalue weighted by Gasteiger charge is -2.03. The van der Waals surface area contributed by atoms with Crippen molar-refractivity contribution in [2.24, 2.45) is 11.8 Å². The number of allylic oxidation sites excluding steroid dienone is 3. The highest BCUT2D eigenvalue weighted by Gasteiger charge is 2.39. The lowest BCUT2D eigenvalue weighted by molar-refractivity contribution is -0.118. The fraction of sp³-hybridized carbons (Fsp3) is 0.545. The van der Waals surface area contributed by atoms with E-state index in [-0.39, 0.29) is 7.33 Å². The molecule has 0 aromatic rings. The Bertz CT molecular complexity index is 278. The zero-order valence-corrected chi connectivity index (χ0v) is 8.13. The molecule has 0 aromatic carbocycles. The van der Waals surface area contributed by atoms with E-state index in [1.54, 1.807) is 0 Å². The van der Waals surface area contributed by atoms with Crippen LogP contribution in [0.25, 0.3) is 0 Å². The van der Waals surface area contributed by atoms with Crippen LogP contribution in [-0.4, -0.2) is 5.91 Å². The van der Waals surface area contributed by atoms with Crippen molar-refractivity contribution in [3.63, 3.8) is 0 Å². The molecule has 1 heterocycles. The van der Waals surface area contributed by atoms with Crippen LogP contribution in [0.15, 0.2) is 23.4 Å². The average molecular weight is 179 g/mol. The van der Waals surface area contributed by atoms with E-state index in [9.17, 15) is 4.79 Å². The van der Waals surface area contributed by atoms with E-state index in [0.717, 1.165) is 17.5 Å². The topological polar surface area (TPSA) is 29.1 Å². The summed E-state index contributed by atoms with van der Waals surface area (Å²) in [5.74, 6) is 1.66. The van der Waals surface area contributed by atoms with Gasteiger partial charge in [-0.05, 0) is 23.8 Å². The van der Waals surface area contributed by atoms with Crippen LogP contribution in [-0.2, 0) is 4.79 Å². The number of carbonyl (C=O) groups excluding carboxylic acids is 1. The largest absolute Gasteiger partial charge is 0.326 e. The summed E-state index contributed by atoms with van der Waals surface area (Å²) in [5.41, 5.74) is 2.32. The lowest BCUT2D eigenvalue weighted by atomic mass is 10.0. The lowest BCUT2D eigenvalue weighted by Crippen LogP contribution is -2.12. The van der Waals surface area contributed by atoms with E-state index in [4.69, 9.17) is 0 Å². The van der Waals surface area contributed by atoms with Gasteiger partial charge in [0.05, 0.1) is 6.42 Å². The zero-order valence-electron chi connectivity index (χ0n) is 8.13. The van der Waals surface area contributed by atoms with Gasteiger partial charge >= 0.3 is 0 Å². The van der Waals surface area contributed by atoms with Crippen molar-refractivity contribution < 1.29 is 6.22 Å². The van der Waals surface area contributed by atoms with E-state index in [2.05, 4.69) is 17.5 Å². The Morgan fingerprint density at radius 1 is 1.38 bits per heavy atom. The molecule has 0 bridgehead atoms. The third kappa shape index (κ3) is 1.41. The minimum atomic E-state index is 0. The van der Waals surface area contributed by atoms with Gasteiger partial charge in [-0.3, -0.25) is 4.79 Å². The van der Waals surface area contributed by atoms with Gasteiger partial charge < -0.3 is 5.32 Å². The predicted octanol–water partition coefficient (Wildman–Crippen LogP) is 2.24. The molecule has 13 heavy (non-hydrogen) atoms. The van der Waals surface area contributed by atoms with Gasteiger partial charge in [0.15, 0.2) is 0 Å². The van der Waals surface area contributed by atoms with Gasteiger partial charge in [0.2, 0.25) is 5.91 Å². The number of carbonyl (C=O) groups is 1. The molecule has 72 valence electrons. The molecule has 2 unspecified atom stereocenters. The SMILES string of the molecule is CC.O=C1CC2=CC3CC3C=C2N1.[HH]. The van der Waals surface area contributed by atoms with Gasteiger partial charge in [-0.25, -0.2) is 0 Å². The quantitative estimate of drug-likeness (QED) is 0.607. The van der Waals surface area contributed by atoms with Gasteiger partial charge in [-0.2, -0.15) is 0 Å². The number of fused-ring (bicyclic) bond motifs is 2. The van der Waals surface area contributed by atoms with Crippen LogP contribution in [0.5, 0.6) is 0 Å². The summed E-state index contributed by atoms with van der Waals surface area (Å²) < 4.78 is 0. The minimum absolute atomic E-state index is 0. The van der Waals surface area contributed by atoms with Crippen LogP contribution in [0.1, 0.15) is 28.1 Å². The number of nitrogens with one attached hydrogen (secondary N) is 1. The molecule has 2 atom stereocenters. The van der Waals surface area contributed by atoms with Crippen molar-refractivity contribution in [2.45, 2.75) is 26.7 Å². The Kier molecular flexibility index (Phi) is 1.98. The first-order valence-corrected chi connectivity index (χ1v) is 5.06. The van der Waals surface area contributed by atoms with Crippen molar-refractivity contribution >= 4 is 5.91 Å². The molecule has 2 fully saturated rings. The molecular formula is C11H17NO. The van der Waals surface area contributed by atoms with E-state index in [1.165, 1.54) is 12.0 Å². The molecule has 3 rings (SSSR count). The van der Waals surface area contributed by atoms with Crippen molar-refractivity contribution in [3.05, 3.63) is 23.4 Å². The minimum Gasteiger partial charge on any atom is -0.326 e. The second-order valence-electron chi connectivity index (χ2n) is 3.56. The molecule has 1 amide bonds. The summed E-state index contributed by atoms with van der Waals surface area (Å²) in [6.07, 6.45) is 6.38. The Morgan fingerprint density at radius 2 is 2.08 bits per heavy atom. The first-order chi connectivity index (χ1) is 6.33. The summed E-state index contributed by atoms with van der Waals surface area (Å²) in [4.78, 5) is 10.9. The average Bonchev–Trinajstić information content (AvgIpc) is 2.77. The van der Waals surface area contributed by atoms with Gasteiger partial charge in [0, 0.05) is 7.12 Å². The fourth-order valence-electron chi connectivity index (χ4n) is 1.93. The third-order valence-electron chi connectivity index (χ3n) is 2.66. The summed E-state index contributed by atoms with van der Waals surface area (Å²) in [6.45, 7) is 4.00. The highest BCUT2D eigenvalue weighted by atomic mass is 16.1. The third-order valence-corrected chi connectivity index (χ3v) is 2.66. The molecule has 1 saturated heterocycles. The van der Waals surface area contributed by atoms with E-state index < -0.39 is 0 Å². The van der Waals surface area contributed by atoms with Crippen molar-refractivity contribution in [2.75, 3.05) is 0 Å². The summed E-state index contributed by atoms with van der Waals surface area (Å²) >= 11 is 0. The van der Waals surface area contributed by atoms with Crippen LogP contribution < -0.4 is 5.32 Å². The second kappa shape index (κ2) is 3.02. The molecular weight excluding hydrogens is 162 g/mol. The van der Waals surface area contributed by atoms with E-state index >= 15 is 0 Å². The molecule has 1 aliphatic heterocycles. The number of hydrogen-bond acceptors (Lipinski definition) is 1. The molecule has 1 N–H and O–H groups in total. The maximum atomic E-state index is 10.9. The Hall–Kier alpha value is -1.05. The zero-order chi connectivity index (χ0) is 9.42. The first kappa shape index (κ1) is 8.54. The van der Waals surface area contributed by atoms with Crippen LogP contribution in [0.4, 0.5) is 0 Å². The van der Waals surface area contributed by atoms with E-state index in [1.807, 2.05) is 13.8 Å². The smallest absolute Gasteiger partial charge is 0.228 e. The van der Waals surface area contributed by atoms with Gasteiger partial charge in [0.1, 0.15) is 0 Å². The van der Waals surface area contributed by atoms with Crippen LogP contribution in [0.2, 0.25) is 0 Å². The number of hydrogen-bond donors (Lipinski definition) is 1. The Balaban J connectivity index is 0.000000309. The fourth-order valence-corrected chi connectivity index (χ4v) is 1.93. The molecule has 3 aliphatic rings. The monoisotopic (exact) mass is 179 g/mol. The maximum absolute atomic E-state index is 10.9. The molecule has 0 radical (unpaired) electrons. The second-order valence-corrected chi connectivity index (χ2v) is 3.56. The van der Waals surface area contributed by atoms with Gasteiger partial charge in [-0.1, -0.05) is 26.0 Å². The van der Waals surface area contributed by atoms with Crippen molar-refractivity contribution in [1.82, 2.24) is 5.32 Å². The van der Waals surface area contributed by atoms with Crippen molar-refractivity contribution in [1.29, 1.82) is 0 Å². The molecule has 0 aromatic heterocycles. The molecule has 2 heteroatoms. The molecule has 1 saturated carbocycles. The maximum Gasteiger partial charge on any atom is 0.228 e. The van der Waals surface area contributed by atoms with Crippen molar-refractivity contribution in [3.8, 4) is 0 Å². The Morgan fingerprint density at radius 3 is 2.85 bits per heavy atom. The first-order valence-electron chi connectivity index (χ1n) is 5.06. The summed E-state index contributed by atoms with van der Waals surface area (Å²) in [5, 5.41) is 2.87. The summed E-state index contributed by atoms with van der Waals surface area (Å²) in [6, 6.07) is 0. The predicted molar refractivity (Wildman–Crippen MR) is 54.0 cm³/mol. The number of amides is 1. The highest BCUT2D eigenvalue weighted by molar-refractivity contribution is 5.87. The number of rotatable bonds is 0. The van der Waals surface area contributed by atoms with E-state index in [0.29, 0.717) is 6.42 Å². The van der Waals surface area contributed by atoms with Crippen LogP contribution in [0, 0.1) is 11.8 Å². The van der Waals surface area contributed by atoms with Crippen LogP contribution in [0.3, 0.4) is 0 Å². The highest BCUT2D eigenvalue weighted by Crippen LogP contribution is 2.47.